The zero-order valence-corrected chi connectivity index (χ0v) is 10.3. The summed E-state index contributed by atoms with van der Waals surface area (Å²) >= 11 is 5.68. The van der Waals surface area contributed by atoms with Crippen LogP contribution in [-0.4, -0.2) is 29.2 Å². The molecule has 0 spiro atoms. The van der Waals surface area contributed by atoms with Crippen molar-refractivity contribution < 1.29 is 9.50 Å². The first-order valence-corrected chi connectivity index (χ1v) is 5.71. The predicted octanol–water partition coefficient (Wildman–Crippen LogP) is 2.68. The number of benzene rings is 1. The van der Waals surface area contributed by atoms with Crippen LogP contribution in [0.5, 0.6) is 0 Å². The summed E-state index contributed by atoms with van der Waals surface area (Å²) in [5, 5.41) is 9.32. The molecule has 0 aliphatic rings. The van der Waals surface area contributed by atoms with Crippen molar-refractivity contribution in [3.05, 3.63) is 34.6 Å². The lowest BCUT2D eigenvalue weighted by atomic mass is 10.1. The van der Waals surface area contributed by atoms with Crippen LogP contribution < -0.4 is 0 Å². The normalized spacial score (nSPS) is 11.4. The van der Waals surface area contributed by atoms with E-state index < -0.39 is 0 Å². The Balaban J connectivity index is 2.77. The molecule has 0 radical (unpaired) electrons. The highest BCUT2D eigenvalue weighted by Gasteiger charge is 2.12. The molecule has 0 fully saturated rings. The second-order valence-corrected chi connectivity index (χ2v) is 4.46. The number of rotatable bonds is 5. The van der Waals surface area contributed by atoms with Crippen molar-refractivity contribution in [2.45, 2.75) is 26.4 Å². The van der Waals surface area contributed by atoms with Gasteiger partial charge in [0.2, 0.25) is 0 Å². The molecule has 0 saturated carbocycles. The minimum Gasteiger partial charge on any atom is -0.395 e. The molecule has 0 unspecified atom stereocenters. The Kier molecular flexibility index (Phi) is 5.19. The Morgan fingerprint density at radius 2 is 2.12 bits per heavy atom. The summed E-state index contributed by atoms with van der Waals surface area (Å²) in [6.45, 7) is 5.14. The highest BCUT2D eigenvalue weighted by atomic mass is 35.5. The molecule has 16 heavy (non-hydrogen) atoms. The first-order valence-electron chi connectivity index (χ1n) is 5.33. The molecule has 90 valence electrons. The van der Waals surface area contributed by atoms with Crippen LogP contribution in [0.15, 0.2) is 18.2 Å². The van der Waals surface area contributed by atoms with Gasteiger partial charge in [-0.25, -0.2) is 4.39 Å². The van der Waals surface area contributed by atoms with Crippen LogP contribution in [0.2, 0.25) is 5.02 Å². The largest absolute Gasteiger partial charge is 0.395 e. The Morgan fingerprint density at radius 3 is 2.62 bits per heavy atom. The fourth-order valence-corrected chi connectivity index (χ4v) is 1.68. The molecule has 0 heterocycles. The second kappa shape index (κ2) is 6.18. The van der Waals surface area contributed by atoms with Crippen LogP contribution in [0.25, 0.3) is 0 Å². The van der Waals surface area contributed by atoms with Gasteiger partial charge in [-0.05, 0) is 26.0 Å². The monoisotopic (exact) mass is 245 g/mol. The average molecular weight is 246 g/mol. The standard InChI is InChI=1S/C12H17ClFNO/c1-9(2)15(5-6-16)8-10-3-4-11(13)7-12(10)14/h3-4,7,9,16H,5-6,8H2,1-2H3. The summed E-state index contributed by atoms with van der Waals surface area (Å²) < 4.78 is 13.5. The van der Waals surface area contributed by atoms with Crippen molar-refractivity contribution in [2.24, 2.45) is 0 Å². The van der Waals surface area contributed by atoms with Crippen LogP contribution in [0, 0.1) is 5.82 Å². The van der Waals surface area contributed by atoms with Crippen LogP contribution in [0.4, 0.5) is 4.39 Å². The van der Waals surface area contributed by atoms with Gasteiger partial charge in [-0.2, -0.15) is 0 Å². The van der Waals surface area contributed by atoms with Crippen molar-refractivity contribution in [2.75, 3.05) is 13.2 Å². The van der Waals surface area contributed by atoms with E-state index in [1.54, 1.807) is 12.1 Å². The maximum atomic E-state index is 13.5. The van der Waals surface area contributed by atoms with E-state index in [4.69, 9.17) is 16.7 Å². The van der Waals surface area contributed by atoms with Crippen molar-refractivity contribution in [3.63, 3.8) is 0 Å². The summed E-state index contributed by atoms with van der Waals surface area (Å²) in [4.78, 5) is 2.01. The quantitative estimate of drug-likeness (QED) is 0.862. The fourth-order valence-electron chi connectivity index (χ4n) is 1.52. The maximum absolute atomic E-state index is 13.5. The number of halogens is 2. The number of aliphatic hydroxyl groups is 1. The SMILES string of the molecule is CC(C)N(CCO)Cc1ccc(Cl)cc1F. The molecule has 0 atom stereocenters. The Bertz CT molecular complexity index is 344. The highest BCUT2D eigenvalue weighted by Crippen LogP contribution is 2.17. The summed E-state index contributed by atoms with van der Waals surface area (Å²) in [6, 6.07) is 4.94. The molecule has 4 heteroatoms. The zero-order valence-electron chi connectivity index (χ0n) is 9.58. The van der Waals surface area contributed by atoms with E-state index >= 15 is 0 Å². The van der Waals surface area contributed by atoms with Gasteiger partial charge in [-0.1, -0.05) is 17.7 Å². The maximum Gasteiger partial charge on any atom is 0.129 e. The highest BCUT2D eigenvalue weighted by molar-refractivity contribution is 6.30. The first kappa shape index (κ1) is 13.4. The summed E-state index contributed by atoms with van der Waals surface area (Å²) in [6.07, 6.45) is 0. The smallest absolute Gasteiger partial charge is 0.129 e. The van der Waals surface area contributed by atoms with Crippen molar-refractivity contribution in [3.8, 4) is 0 Å². The first-order chi connectivity index (χ1) is 7.54. The zero-order chi connectivity index (χ0) is 12.1. The van der Waals surface area contributed by atoms with Gasteiger partial charge in [0.25, 0.3) is 0 Å². The fraction of sp³-hybridized carbons (Fsp3) is 0.500. The predicted molar refractivity (Wildman–Crippen MR) is 64.0 cm³/mol. The van der Waals surface area contributed by atoms with E-state index in [1.807, 2.05) is 18.7 Å². The lowest BCUT2D eigenvalue weighted by Crippen LogP contribution is -2.33. The molecule has 1 rings (SSSR count). The minimum absolute atomic E-state index is 0.0768. The van der Waals surface area contributed by atoms with Crippen LogP contribution >= 0.6 is 11.6 Å². The van der Waals surface area contributed by atoms with Crippen molar-refractivity contribution in [1.29, 1.82) is 0 Å². The van der Waals surface area contributed by atoms with E-state index in [9.17, 15) is 4.39 Å². The van der Waals surface area contributed by atoms with E-state index in [0.717, 1.165) is 0 Å². The third-order valence-electron chi connectivity index (χ3n) is 2.51. The van der Waals surface area contributed by atoms with Crippen LogP contribution in [0.3, 0.4) is 0 Å². The third kappa shape index (κ3) is 3.74. The third-order valence-corrected chi connectivity index (χ3v) is 2.74. The Labute approximate surface area is 101 Å². The minimum atomic E-state index is -0.295. The van der Waals surface area contributed by atoms with Gasteiger partial charge in [-0.15, -0.1) is 0 Å². The molecule has 1 aromatic rings. The lowest BCUT2D eigenvalue weighted by Gasteiger charge is -2.25. The second-order valence-electron chi connectivity index (χ2n) is 4.02. The van der Waals surface area contributed by atoms with Gasteiger partial charge in [0, 0.05) is 29.7 Å². The number of aliphatic hydroxyl groups excluding tert-OH is 1. The molecule has 0 bridgehead atoms. The van der Waals surface area contributed by atoms with Gasteiger partial charge in [0.15, 0.2) is 0 Å². The molecule has 0 aliphatic heterocycles. The van der Waals surface area contributed by atoms with Crippen LogP contribution in [0.1, 0.15) is 19.4 Å². The van der Waals surface area contributed by atoms with Gasteiger partial charge in [0.1, 0.15) is 5.82 Å². The van der Waals surface area contributed by atoms with E-state index in [1.165, 1.54) is 6.07 Å². The molecule has 0 aromatic heterocycles. The number of hydrogen-bond donors (Lipinski definition) is 1. The van der Waals surface area contributed by atoms with Crippen molar-refractivity contribution in [1.82, 2.24) is 4.90 Å². The summed E-state index contributed by atoms with van der Waals surface area (Å²) in [5.41, 5.74) is 0.603. The van der Waals surface area contributed by atoms with Crippen molar-refractivity contribution >= 4 is 11.6 Å². The molecular formula is C12H17ClFNO. The van der Waals surface area contributed by atoms with Gasteiger partial charge in [0.05, 0.1) is 6.61 Å². The Hall–Kier alpha value is -0.640. The topological polar surface area (TPSA) is 23.5 Å². The Morgan fingerprint density at radius 1 is 1.44 bits per heavy atom. The van der Waals surface area contributed by atoms with Gasteiger partial charge >= 0.3 is 0 Å². The molecule has 1 aromatic carbocycles. The molecule has 0 amide bonds. The molecule has 0 saturated heterocycles. The lowest BCUT2D eigenvalue weighted by molar-refractivity contribution is 0.158. The van der Waals surface area contributed by atoms with Gasteiger partial charge < -0.3 is 5.11 Å². The van der Waals surface area contributed by atoms with Gasteiger partial charge in [-0.3, -0.25) is 4.90 Å². The number of nitrogens with zero attached hydrogens (tertiary/aromatic N) is 1. The van der Waals surface area contributed by atoms with Crippen LogP contribution in [-0.2, 0) is 6.54 Å². The summed E-state index contributed by atoms with van der Waals surface area (Å²) in [7, 11) is 0. The van der Waals surface area contributed by atoms with E-state index in [2.05, 4.69) is 0 Å². The summed E-state index contributed by atoms with van der Waals surface area (Å²) in [5.74, 6) is -0.295. The average Bonchev–Trinajstić information content (AvgIpc) is 2.20. The van der Waals surface area contributed by atoms with E-state index in [0.29, 0.717) is 23.7 Å². The molecule has 0 aliphatic carbocycles. The molecule has 2 nitrogen and oxygen atoms in total. The van der Waals surface area contributed by atoms with E-state index in [-0.39, 0.29) is 18.5 Å². The molecular weight excluding hydrogens is 229 g/mol. The molecule has 1 N–H and O–H groups in total. The number of hydrogen-bond acceptors (Lipinski definition) is 2.